The molecular weight excluding hydrogens is 609 g/mol. The molecule has 5 nitrogen and oxygen atoms in total. The Bertz CT molecular complexity index is 1180. The standard InChI is InChI=1S/C24H27N2OSi.2CH4O.Ir/c1-15(2)12-17-13-21(25-14-22(17)28(4,5)6)20-9-7-8-18-19-11-10-16(3)26-24(19)27-23(18)20;2*1-2;/h7-8,10-11,13-15H,12H2,1-6H3;2*2H,1H3;/q-1;;;. The number of aliphatic hydroxyl groups is 2. The van der Waals surface area contributed by atoms with Crippen molar-refractivity contribution in [2.24, 2.45) is 5.92 Å². The molecule has 0 aliphatic heterocycles. The predicted molar refractivity (Wildman–Crippen MR) is 136 cm³/mol. The Hall–Kier alpha value is -1.89. The zero-order valence-corrected chi connectivity index (χ0v) is 24.2. The number of nitrogens with zero attached hydrogens (tertiary/aromatic N) is 2. The van der Waals surface area contributed by atoms with Crippen molar-refractivity contribution in [3.05, 3.63) is 53.9 Å². The van der Waals surface area contributed by atoms with Crippen LogP contribution in [0.15, 0.2) is 40.9 Å². The molecule has 181 valence electrons. The van der Waals surface area contributed by atoms with Gasteiger partial charge in [-0.05, 0) is 42.3 Å². The molecule has 0 atom stereocenters. The summed E-state index contributed by atoms with van der Waals surface area (Å²) in [6.45, 7) is 13.7. The van der Waals surface area contributed by atoms with Crippen molar-refractivity contribution in [2.45, 2.75) is 46.8 Å². The molecule has 3 heterocycles. The van der Waals surface area contributed by atoms with Crippen molar-refractivity contribution in [2.75, 3.05) is 14.2 Å². The molecule has 0 bridgehead atoms. The van der Waals surface area contributed by atoms with Crippen molar-refractivity contribution < 1.29 is 34.7 Å². The first-order valence-electron chi connectivity index (χ1n) is 10.8. The Morgan fingerprint density at radius 2 is 1.70 bits per heavy atom. The number of aryl methyl sites for hydroxylation is 1. The van der Waals surface area contributed by atoms with Crippen LogP contribution in [0.5, 0.6) is 0 Å². The normalized spacial score (nSPS) is 10.9. The fourth-order valence-corrected chi connectivity index (χ4v) is 5.41. The summed E-state index contributed by atoms with van der Waals surface area (Å²) >= 11 is 0. The van der Waals surface area contributed by atoms with Crippen LogP contribution in [0, 0.1) is 18.9 Å². The van der Waals surface area contributed by atoms with E-state index in [9.17, 15) is 0 Å². The molecule has 1 aromatic carbocycles. The fourth-order valence-electron chi connectivity index (χ4n) is 3.82. The van der Waals surface area contributed by atoms with E-state index in [-0.39, 0.29) is 20.1 Å². The summed E-state index contributed by atoms with van der Waals surface area (Å²) in [4.78, 5) is 9.40. The largest absolute Gasteiger partial charge is 0.486 e. The number of fused-ring (bicyclic) bond motifs is 3. The molecular formula is C26H35IrN2O3Si-. The summed E-state index contributed by atoms with van der Waals surface area (Å²) < 4.78 is 6.16. The molecule has 0 aliphatic carbocycles. The van der Waals surface area contributed by atoms with Crippen LogP contribution in [0.2, 0.25) is 19.6 Å². The average Bonchev–Trinajstić information content (AvgIpc) is 3.13. The maximum Gasteiger partial charge on any atom is 0.216 e. The number of rotatable bonds is 4. The molecule has 0 fully saturated rings. The minimum absolute atomic E-state index is 0. The van der Waals surface area contributed by atoms with Gasteiger partial charge in [-0.3, -0.25) is 0 Å². The molecule has 0 amide bonds. The number of benzene rings is 1. The van der Waals surface area contributed by atoms with Gasteiger partial charge in [0.15, 0.2) is 0 Å². The Labute approximate surface area is 211 Å². The molecule has 1 radical (unpaired) electrons. The third kappa shape index (κ3) is 6.58. The van der Waals surface area contributed by atoms with Crippen LogP contribution in [0.4, 0.5) is 0 Å². The molecule has 0 aliphatic rings. The number of pyridine rings is 2. The van der Waals surface area contributed by atoms with Crippen LogP contribution in [0.25, 0.3) is 33.3 Å². The van der Waals surface area contributed by atoms with Crippen LogP contribution >= 0.6 is 0 Å². The third-order valence-electron chi connectivity index (χ3n) is 5.12. The van der Waals surface area contributed by atoms with E-state index in [2.05, 4.69) is 62.9 Å². The second-order valence-corrected chi connectivity index (χ2v) is 14.1. The quantitative estimate of drug-likeness (QED) is 0.239. The van der Waals surface area contributed by atoms with Gasteiger partial charge in [-0.25, -0.2) is 4.98 Å². The summed E-state index contributed by atoms with van der Waals surface area (Å²) in [6, 6.07) is 13.7. The van der Waals surface area contributed by atoms with Gasteiger partial charge in [-0.2, -0.15) is 0 Å². The molecule has 3 aromatic heterocycles. The molecule has 0 saturated heterocycles. The van der Waals surface area contributed by atoms with Crippen LogP contribution in [-0.2, 0) is 26.5 Å². The molecule has 0 unspecified atom stereocenters. The van der Waals surface area contributed by atoms with Crippen molar-refractivity contribution in [1.29, 1.82) is 0 Å². The number of aliphatic hydroxyl groups excluding tert-OH is 2. The molecule has 0 saturated carbocycles. The van der Waals surface area contributed by atoms with Gasteiger partial charge in [0.1, 0.15) is 0 Å². The fraction of sp³-hybridized carbons (Fsp3) is 0.385. The van der Waals surface area contributed by atoms with Gasteiger partial charge < -0.3 is 19.6 Å². The van der Waals surface area contributed by atoms with Crippen LogP contribution in [0.3, 0.4) is 0 Å². The van der Waals surface area contributed by atoms with E-state index < -0.39 is 8.07 Å². The Balaban J connectivity index is 0.00000103. The van der Waals surface area contributed by atoms with E-state index in [4.69, 9.17) is 19.6 Å². The maximum absolute atomic E-state index is 7.00. The second-order valence-electron chi connectivity index (χ2n) is 9.08. The van der Waals surface area contributed by atoms with Gasteiger partial charge in [0.2, 0.25) is 5.71 Å². The summed E-state index contributed by atoms with van der Waals surface area (Å²) in [6.07, 6.45) is 3.16. The Morgan fingerprint density at radius 1 is 1.03 bits per heavy atom. The van der Waals surface area contributed by atoms with E-state index in [1.807, 2.05) is 25.1 Å². The van der Waals surface area contributed by atoms with Gasteiger partial charge in [0.05, 0.1) is 13.7 Å². The molecule has 4 rings (SSSR count). The molecule has 7 heteroatoms. The smallest absolute Gasteiger partial charge is 0.216 e. The molecule has 33 heavy (non-hydrogen) atoms. The first kappa shape index (κ1) is 29.1. The van der Waals surface area contributed by atoms with Crippen molar-refractivity contribution in [3.63, 3.8) is 0 Å². The summed E-state index contributed by atoms with van der Waals surface area (Å²) in [5.41, 5.74) is 5.71. The van der Waals surface area contributed by atoms with Crippen molar-refractivity contribution in [1.82, 2.24) is 9.97 Å². The van der Waals surface area contributed by atoms with Gasteiger partial charge in [-0.1, -0.05) is 56.1 Å². The van der Waals surface area contributed by atoms with Gasteiger partial charge in [-0.15, -0.1) is 18.2 Å². The van der Waals surface area contributed by atoms with E-state index in [0.29, 0.717) is 11.6 Å². The SMILES string of the molecule is CO.CO.Cc1ccc2c(n1)oc1c(-c3cc(CC(C)C)c([Si](C)(C)C)cn3)[c-]ccc12.[Ir]. The third-order valence-corrected chi connectivity index (χ3v) is 7.19. The number of furan rings is 1. The number of aromatic nitrogens is 2. The Kier molecular flexibility index (Phi) is 11.1. The van der Waals surface area contributed by atoms with Crippen LogP contribution < -0.4 is 5.19 Å². The summed E-state index contributed by atoms with van der Waals surface area (Å²) in [7, 11) is 0.539. The van der Waals surface area contributed by atoms with Gasteiger partial charge in [0.25, 0.3) is 0 Å². The Morgan fingerprint density at radius 3 is 2.30 bits per heavy atom. The predicted octanol–water partition coefficient (Wildman–Crippen LogP) is 5.11. The van der Waals surface area contributed by atoms with Crippen molar-refractivity contribution in [3.8, 4) is 11.3 Å². The average molecular weight is 644 g/mol. The first-order chi connectivity index (χ1) is 15.2. The van der Waals surface area contributed by atoms with Gasteiger partial charge >= 0.3 is 0 Å². The topological polar surface area (TPSA) is 79.4 Å². The van der Waals surface area contributed by atoms with Crippen molar-refractivity contribution >= 4 is 35.3 Å². The minimum Gasteiger partial charge on any atom is -0.486 e. The van der Waals surface area contributed by atoms with Gasteiger partial charge in [0, 0.05) is 51.6 Å². The maximum atomic E-state index is 7.00. The van der Waals surface area contributed by atoms with E-state index in [1.165, 1.54) is 10.8 Å². The summed E-state index contributed by atoms with van der Waals surface area (Å²) in [5, 5.41) is 17.5. The van der Waals surface area contributed by atoms with E-state index >= 15 is 0 Å². The molecule has 4 aromatic rings. The first-order valence-corrected chi connectivity index (χ1v) is 14.3. The minimum atomic E-state index is -1.46. The number of hydrogen-bond acceptors (Lipinski definition) is 5. The zero-order valence-electron chi connectivity index (χ0n) is 20.8. The monoisotopic (exact) mass is 644 g/mol. The zero-order chi connectivity index (χ0) is 24.1. The summed E-state index contributed by atoms with van der Waals surface area (Å²) in [5.74, 6) is 0.600. The second kappa shape index (κ2) is 12.5. The molecule has 0 spiro atoms. The number of hydrogen-bond donors (Lipinski definition) is 2. The molecule has 2 N–H and O–H groups in total. The van der Waals surface area contributed by atoms with E-state index in [1.54, 1.807) is 0 Å². The van der Waals surface area contributed by atoms with E-state index in [0.717, 1.165) is 53.9 Å². The van der Waals surface area contributed by atoms with Crippen LogP contribution in [-0.4, -0.2) is 42.5 Å². The van der Waals surface area contributed by atoms with Crippen LogP contribution in [0.1, 0.15) is 25.1 Å².